The Labute approximate surface area is 122 Å². The lowest BCUT2D eigenvalue weighted by Crippen LogP contribution is -2.37. The summed E-state index contributed by atoms with van der Waals surface area (Å²) >= 11 is 6.02. The summed E-state index contributed by atoms with van der Waals surface area (Å²) in [4.78, 5) is 24.1. The van der Waals surface area contributed by atoms with E-state index in [1.165, 1.54) is 17.0 Å². The first-order valence-electron chi connectivity index (χ1n) is 5.90. The topological polar surface area (TPSA) is 113 Å². The first kappa shape index (κ1) is 15.9. The molecule has 0 saturated heterocycles. The number of carbonyl (C=O) groups excluding carboxylic acids is 2. The van der Waals surface area contributed by atoms with Crippen LogP contribution in [0, 0.1) is 0 Å². The number of benzene rings is 1. The Morgan fingerprint density at radius 1 is 1.30 bits per heavy atom. The maximum Gasteiger partial charge on any atom is 0.316 e. The van der Waals surface area contributed by atoms with Gasteiger partial charge in [-0.2, -0.15) is 0 Å². The Morgan fingerprint density at radius 2 is 1.95 bits per heavy atom. The molecule has 7 nitrogen and oxygen atoms in total. The maximum absolute atomic E-state index is 11.3. The van der Waals surface area contributed by atoms with Gasteiger partial charge < -0.3 is 27.0 Å². The lowest BCUT2D eigenvalue weighted by atomic mass is 10.1. The quantitative estimate of drug-likeness (QED) is 0.473. The molecule has 1 aromatic rings. The van der Waals surface area contributed by atoms with Gasteiger partial charge in [-0.05, 0) is 12.1 Å². The molecule has 0 aromatic heterocycles. The lowest BCUT2D eigenvalue weighted by Gasteiger charge is -2.15. The standard InChI is InChI=1S/C12H18ClN5O2/c1-18(2)12(20)17-4-3-16-10-8(11(15)19)5-7(14)6-9(10)13/h5-6,16H,3-4,14H2,1-2H3,(H2,15,19)(H,17,20). The molecule has 110 valence electrons. The second-order valence-electron chi connectivity index (χ2n) is 4.34. The number of nitrogen functional groups attached to an aromatic ring is 1. The van der Waals surface area contributed by atoms with Crippen molar-refractivity contribution in [1.29, 1.82) is 0 Å². The van der Waals surface area contributed by atoms with Gasteiger partial charge in [0.25, 0.3) is 5.91 Å². The van der Waals surface area contributed by atoms with Crippen LogP contribution >= 0.6 is 11.6 Å². The highest BCUT2D eigenvalue weighted by molar-refractivity contribution is 6.34. The van der Waals surface area contributed by atoms with Crippen molar-refractivity contribution < 1.29 is 9.59 Å². The number of primary amides is 1. The summed E-state index contributed by atoms with van der Waals surface area (Å²) in [6.45, 7) is 0.763. The molecule has 0 radical (unpaired) electrons. The third-order valence-electron chi connectivity index (χ3n) is 2.49. The number of carbonyl (C=O) groups is 2. The van der Waals surface area contributed by atoms with Crippen molar-refractivity contribution >= 4 is 34.9 Å². The van der Waals surface area contributed by atoms with Gasteiger partial charge in [0.2, 0.25) is 0 Å². The third-order valence-corrected chi connectivity index (χ3v) is 2.79. The van der Waals surface area contributed by atoms with E-state index in [0.717, 1.165) is 0 Å². The minimum Gasteiger partial charge on any atom is -0.399 e. The summed E-state index contributed by atoms with van der Waals surface area (Å²) < 4.78 is 0. The SMILES string of the molecule is CN(C)C(=O)NCCNc1c(Cl)cc(N)cc1C(N)=O. The Morgan fingerprint density at radius 3 is 2.50 bits per heavy atom. The molecule has 1 rings (SSSR count). The Bertz CT molecular complexity index is 519. The number of halogens is 1. The molecule has 0 heterocycles. The van der Waals surface area contributed by atoms with Gasteiger partial charge in [0, 0.05) is 32.9 Å². The van der Waals surface area contributed by atoms with Gasteiger partial charge in [0.05, 0.1) is 16.3 Å². The van der Waals surface area contributed by atoms with E-state index in [0.29, 0.717) is 29.5 Å². The van der Waals surface area contributed by atoms with Crippen LogP contribution in [0.15, 0.2) is 12.1 Å². The molecule has 0 atom stereocenters. The van der Waals surface area contributed by atoms with Crippen molar-refractivity contribution in [2.75, 3.05) is 38.2 Å². The minimum absolute atomic E-state index is 0.203. The van der Waals surface area contributed by atoms with E-state index in [1.807, 2.05) is 0 Å². The van der Waals surface area contributed by atoms with Crippen LogP contribution in [0.1, 0.15) is 10.4 Å². The largest absolute Gasteiger partial charge is 0.399 e. The molecule has 0 bridgehead atoms. The Hall–Kier alpha value is -2.15. The van der Waals surface area contributed by atoms with Crippen molar-refractivity contribution in [3.63, 3.8) is 0 Å². The van der Waals surface area contributed by atoms with Gasteiger partial charge in [0.15, 0.2) is 0 Å². The lowest BCUT2D eigenvalue weighted by molar-refractivity contribution is 0.100. The molecular weight excluding hydrogens is 282 g/mol. The molecule has 8 heteroatoms. The highest BCUT2D eigenvalue weighted by atomic mass is 35.5. The van der Waals surface area contributed by atoms with E-state index in [1.54, 1.807) is 14.1 Å². The van der Waals surface area contributed by atoms with E-state index in [4.69, 9.17) is 23.1 Å². The molecule has 0 spiro atoms. The number of nitrogens with two attached hydrogens (primary N) is 2. The zero-order valence-electron chi connectivity index (χ0n) is 11.4. The molecule has 20 heavy (non-hydrogen) atoms. The van der Waals surface area contributed by atoms with Gasteiger partial charge in [-0.3, -0.25) is 4.79 Å². The third kappa shape index (κ3) is 4.20. The summed E-state index contributed by atoms with van der Waals surface area (Å²) in [5, 5.41) is 5.94. The molecule has 0 fully saturated rings. The van der Waals surface area contributed by atoms with Gasteiger partial charge in [-0.1, -0.05) is 11.6 Å². The molecule has 1 aromatic carbocycles. The van der Waals surface area contributed by atoms with E-state index >= 15 is 0 Å². The van der Waals surface area contributed by atoms with Crippen LogP contribution in [0.3, 0.4) is 0 Å². The number of anilines is 2. The summed E-state index contributed by atoms with van der Waals surface area (Å²) in [7, 11) is 3.29. The first-order chi connectivity index (χ1) is 9.32. The van der Waals surface area contributed by atoms with Crippen LogP contribution < -0.4 is 22.1 Å². The van der Waals surface area contributed by atoms with Crippen LogP contribution in [0.2, 0.25) is 5.02 Å². The van der Waals surface area contributed by atoms with Crippen molar-refractivity contribution in [1.82, 2.24) is 10.2 Å². The highest BCUT2D eigenvalue weighted by Gasteiger charge is 2.13. The summed E-state index contributed by atoms with van der Waals surface area (Å²) in [5.74, 6) is -0.626. The molecule has 0 unspecified atom stereocenters. The number of nitrogens with zero attached hydrogens (tertiary/aromatic N) is 1. The zero-order chi connectivity index (χ0) is 15.3. The second-order valence-corrected chi connectivity index (χ2v) is 4.75. The minimum atomic E-state index is -0.626. The molecule has 3 amide bonds. The fraction of sp³-hybridized carbons (Fsp3) is 0.333. The maximum atomic E-state index is 11.3. The average molecular weight is 300 g/mol. The number of rotatable bonds is 5. The highest BCUT2D eigenvalue weighted by Crippen LogP contribution is 2.28. The van der Waals surface area contributed by atoms with Gasteiger partial charge in [-0.15, -0.1) is 0 Å². The van der Waals surface area contributed by atoms with Crippen molar-refractivity contribution in [2.24, 2.45) is 5.73 Å². The van der Waals surface area contributed by atoms with Crippen molar-refractivity contribution in [2.45, 2.75) is 0 Å². The second kappa shape index (κ2) is 6.85. The number of nitrogens with one attached hydrogen (secondary N) is 2. The van der Waals surface area contributed by atoms with Gasteiger partial charge in [-0.25, -0.2) is 4.79 Å². The van der Waals surface area contributed by atoms with Gasteiger partial charge >= 0.3 is 6.03 Å². The number of hydrogen-bond donors (Lipinski definition) is 4. The average Bonchev–Trinajstić information content (AvgIpc) is 2.35. The van der Waals surface area contributed by atoms with Crippen molar-refractivity contribution in [3.8, 4) is 0 Å². The van der Waals surface area contributed by atoms with Crippen LogP contribution in [-0.4, -0.2) is 44.0 Å². The van der Waals surface area contributed by atoms with Gasteiger partial charge in [0.1, 0.15) is 0 Å². The summed E-state index contributed by atoms with van der Waals surface area (Å²) in [5.41, 5.74) is 11.9. The monoisotopic (exact) mass is 299 g/mol. The molecule has 0 aliphatic rings. The number of hydrogen-bond acceptors (Lipinski definition) is 4. The van der Waals surface area contributed by atoms with Crippen LogP contribution in [-0.2, 0) is 0 Å². The van der Waals surface area contributed by atoms with Crippen LogP contribution in [0.5, 0.6) is 0 Å². The normalized spacial score (nSPS) is 9.95. The molecule has 6 N–H and O–H groups in total. The fourth-order valence-corrected chi connectivity index (χ4v) is 1.81. The molecule has 0 saturated carbocycles. The predicted molar refractivity (Wildman–Crippen MR) is 80.0 cm³/mol. The molecule has 0 aliphatic carbocycles. The first-order valence-corrected chi connectivity index (χ1v) is 6.28. The number of amides is 3. The summed E-state index contributed by atoms with van der Waals surface area (Å²) in [6, 6.07) is 2.77. The zero-order valence-corrected chi connectivity index (χ0v) is 12.1. The summed E-state index contributed by atoms with van der Waals surface area (Å²) in [6.07, 6.45) is 0. The van der Waals surface area contributed by atoms with E-state index in [9.17, 15) is 9.59 Å². The van der Waals surface area contributed by atoms with Crippen LogP contribution in [0.25, 0.3) is 0 Å². The van der Waals surface area contributed by atoms with Crippen LogP contribution in [0.4, 0.5) is 16.2 Å². The van der Waals surface area contributed by atoms with E-state index in [2.05, 4.69) is 10.6 Å². The smallest absolute Gasteiger partial charge is 0.316 e. The van der Waals surface area contributed by atoms with Crippen molar-refractivity contribution in [3.05, 3.63) is 22.7 Å². The molecule has 0 aliphatic heterocycles. The Balaban J connectivity index is 2.68. The number of urea groups is 1. The van der Waals surface area contributed by atoms with E-state index in [-0.39, 0.29) is 11.6 Å². The fourth-order valence-electron chi connectivity index (χ4n) is 1.52. The Kier molecular flexibility index (Phi) is 5.45. The molecular formula is C12H18ClN5O2. The predicted octanol–water partition coefficient (Wildman–Crippen LogP) is 0.704. The van der Waals surface area contributed by atoms with E-state index < -0.39 is 5.91 Å².